The molecule has 1 aliphatic heterocycles. The molecule has 0 bridgehead atoms. The van der Waals surface area contributed by atoms with Gasteiger partial charge in [-0.15, -0.1) is 0 Å². The molecular weight excluding hydrogens is 196 g/mol. The summed E-state index contributed by atoms with van der Waals surface area (Å²) in [5.74, 6) is 0.963. The normalized spacial score (nSPS) is 17.9. The molecule has 1 heteroatoms. The van der Waals surface area contributed by atoms with Crippen molar-refractivity contribution >= 4 is 16.8 Å². The Morgan fingerprint density at radius 1 is 1.12 bits per heavy atom. The maximum absolute atomic E-state index is 5.89. The molecule has 1 heterocycles. The zero-order chi connectivity index (χ0) is 11.0. The first-order valence-electron chi connectivity index (χ1n) is 5.37. The lowest BCUT2D eigenvalue weighted by atomic mass is 10.0. The molecule has 0 fully saturated rings. The average Bonchev–Trinajstić information content (AvgIpc) is 2.38. The van der Waals surface area contributed by atoms with Crippen LogP contribution in [-0.2, 0) is 0 Å². The molecular formula is C15H12O. The Bertz CT molecular complexity index is 581. The fraction of sp³-hybridized carbons (Fsp3) is 0.0667. The molecule has 0 amide bonds. The number of hydrogen-bond acceptors (Lipinski definition) is 1. The van der Waals surface area contributed by atoms with Gasteiger partial charge in [-0.1, -0.05) is 49.1 Å². The fourth-order valence-corrected chi connectivity index (χ4v) is 2.02. The summed E-state index contributed by atoms with van der Waals surface area (Å²) in [5.41, 5.74) is 1.14. The highest BCUT2D eigenvalue weighted by Crippen LogP contribution is 2.34. The molecule has 0 N–H and O–H groups in total. The number of benzene rings is 2. The van der Waals surface area contributed by atoms with Crippen LogP contribution in [0.5, 0.6) is 5.75 Å². The first-order chi connectivity index (χ1) is 7.88. The van der Waals surface area contributed by atoms with Crippen LogP contribution in [-0.4, -0.2) is 6.10 Å². The Morgan fingerprint density at radius 2 is 2.00 bits per heavy atom. The highest BCUT2D eigenvalue weighted by molar-refractivity contribution is 5.92. The van der Waals surface area contributed by atoms with Gasteiger partial charge in [-0.25, -0.2) is 0 Å². The van der Waals surface area contributed by atoms with Crippen molar-refractivity contribution in [3.63, 3.8) is 0 Å². The Labute approximate surface area is 94.7 Å². The quantitative estimate of drug-likeness (QED) is 0.648. The predicted octanol–water partition coefficient (Wildman–Crippen LogP) is 3.80. The molecule has 0 spiro atoms. The van der Waals surface area contributed by atoms with E-state index >= 15 is 0 Å². The van der Waals surface area contributed by atoms with Crippen molar-refractivity contribution in [2.24, 2.45) is 0 Å². The van der Waals surface area contributed by atoms with E-state index in [2.05, 4.69) is 36.9 Å². The Kier molecular flexibility index (Phi) is 2.03. The van der Waals surface area contributed by atoms with Gasteiger partial charge in [-0.3, -0.25) is 0 Å². The lowest BCUT2D eigenvalue weighted by Gasteiger charge is -2.20. The van der Waals surface area contributed by atoms with Gasteiger partial charge in [0.2, 0.25) is 0 Å². The van der Waals surface area contributed by atoms with Crippen LogP contribution in [0, 0.1) is 0 Å². The van der Waals surface area contributed by atoms with Crippen molar-refractivity contribution in [1.29, 1.82) is 0 Å². The molecule has 1 nitrogen and oxygen atoms in total. The van der Waals surface area contributed by atoms with Crippen LogP contribution in [0.2, 0.25) is 0 Å². The minimum Gasteiger partial charge on any atom is -0.481 e. The summed E-state index contributed by atoms with van der Waals surface area (Å²) in [6.45, 7) is 3.76. The molecule has 1 aliphatic rings. The van der Waals surface area contributed by atoms with Gasteiger partial charge in [-0.05, 0) is 17.5 Å². The third-order valence-electron chi connectivity index (χ3n) is 2.86. The van der Waals surface area contributed by atoms with Crippen LogP contribution in [0.3, 0.4) is 0 Å². The van der Waals surface area contributed by atoms with Crippen molar-refractivity contribution in [2.45, 2.75) is 6.10 Å². The van der Waals surface area contributed by atoms with Crippen molar-refractivity contribution in [2.75, 3.05) is 0 Å². The van der Waals surface area contributed by atoms with Crippen LogP contribution in [0.15, 0.2) is 55.1 Å². The lowest BCUT2D eigenvalue weighted by molar-refractivity contribution is 0.296. The Morgan fingerprint density at radius 3 is 2.88 bits per heavy atom. The summed E-state index contributed by atoms with van der Waals surface area (Å²) in [6.07, 6.45) is 5.90. The van der Waals surface area contributed by atoms with Gasteiger partial charge in [0.05, 0.1) is 0 Å². The molecule has 0 aromatic heterocycles. The maximum Gasteiger partial charge on any atom is 0.135 e. The third-order valence-corrected chi connectivity index (χ3v) is 2.86. The standard InChI is InChI=1S/C15H12O/c1-2-13-10-9-12-8-7-11-5-3-4-6-14(11)15(12)16-13/h2-10,13H,1H2. The molecule has 0 radical (unpaired) electrons. The monoisotopic (exact) mass is 208 g/mol. The zero-order valence-corrected chi connectivity index (χ0v) is 8.89. The van der Waals surface area contributed by atoms with Gasteiger partial charge >= 0.3 is 0 Å². The fourth-order valence-electron chi connectivity index (χ4n) is 2.02. The summed E-state index contributed by atoms with van der Waals surface area (Å²) < 4.78 is 5.89. The van der Waals surface area contributed by atoms with Crippen LogP contribution < -0.4 is 4.74 Å². The number of ether oxygens (including phenoxy) is 1. The second-order valence-corrected chi connectivity index (χ2v) is 3.88. The molecule has 78 valence electrons. The van der Waals surface area contributed by atoms with E-state index in [1.807, 2.05) is 18.2 Å². The van der Waals surface area contributed by atoms with Gasteiger partial charge in [0.15, 0.2) is 0 Å². The molecule has 0 saturated heterocycles. The summed E-state index contributed by atoms with van der Waals surface area (Å²) >= 11 is 0. The van der Waals surface area contributed by atoms with Crippen molar-refractivity contribution in [1.82, 2.24) is 0 Å². The second-order valence-electron chi connectivity index (χ2n) is 3.88. The van der Waals surface area contributed by atoms with E-state index in [4.69, 9.17) is 4.74 Å². The lowest BCUT2D eigenvalue weighted by Crippen LogP contribution is -2.13. The Balaban J connectivity index is 2.27. The zero-order valence-electron chi connectivity index (χ0n) is 8.89. The van der Waals surface area contributed by atoms with Crippen LogP contribution in [0.25, 0.3) is 16.8 Å². The molecule has 1 atom stereocenters. The first-order valence-corrected chi connectivity index (χ1v) is 5.37. The number of fused-ring (bicyclic) bond motifs is 3. The molecule has 16 heavy (non-hydrogen) atoms. The summed E-state index contributed by atoms with van der Waals surface area (Å²) in [5, 5.41) is 2.37. The van der Waals surface area contributed by atoms with E-state index in [-0.39, 0.29) is 6.10 Å². The Hall–Kier alpha value is -2.02. The number of rotatable bonds is 1. The minimum absolute atomic E-state index is 0.0155. The molecule has 0 saturated carbocycles. The maximum atomic E-state index is 5.89. The summed E-state index contributed by atoms with van der Waals surface area (Å²) in [4.78, 5) is 0. The van der Waals surface area contributed by atoms with E-state index in [0.717, 1.165) is 16.7 Å². The van der Waals surface area contributed by atoms with Crippen molar-refractivity contribution < 1.29 is 4.74 Å². The molecule has 3 rings (SSSR count). The van der Waals surface area contributed by atoms with Gasteiger partial charge in [-0.2, -0.15) is 0 Å². The van der Waals surface area contributed by atoms with Gasteiger partial charge in [0.25, 0.3) is 0 Å². The van der Waals surface area contributed by atoms with Crippen LogP contribution in [0.4, 0.5) is 0 Å². The van der Waals surface area contributed by atoms with Gasteiger partial charge in [0, 0.05) is 10.9 Å². The van der Waals surface area contributed by atoms with Crippen molar-refractivity contribution in [3.05, 3.63) is 60.7 Å². The summed E-state index contributed by atoms with van der Waals surface area (Å²) in [7, 11) is 0. The average molecular weight is 208 g/mol. The second kappa shape index (κ2) is 3.53. The smallest absolute Gasteiger partial charge is 0.135 e. The van der Waals surface area contributed by atoms with Gasteiger partial charge in [0.1, 0.15) is 11.9 Å². The highest BCUT2D eigenvalue weighted by Gasteiger charge is 2.14. The molecule has 2 aromatic rings. The van der Waals surface area contributed by atoms with E-state index < -0.39 is 0 Å². The number of hydrogen-bond donors (Lipinski definition) is 0. The predicted molar refractivity (Wildman–Crippen MR) is 67.6 cm³/mol. The van der Waals surface area contributed by atoms with Crippen LogP contribution >= 0.6 is 0 Å². The third kappa shape index (κ3) is 1.33. The van der Waals surface area contributed by atoms with E-state index in [9.17, 15) is 0 Å². The largest absolute Gasteiger partial charge is 0.481 e. The van der Waals surface area contributed by atoms with Crippen LogP contribution in [0.1, 0.15) is 5.56 Å². The van der Waals surface area contributed by atoms with E-state index in [1.54, 1.807) is 6.08 Å². The summed E-state index contributed by atoms with van der Waals surface area (Å²) in [6, 6.07) is 12.5. The highest BCUT2D eigenvalue weighted by atomic mass is 16.5. The molecule has 0 aliphatic carbocycles. The SMILES string of the molecule is C=CC1C=Cc2ccc3ccccc3c2O1. The topological polar surface area (TPSA) is 9.23 Å². The van der Waals surface area contributed by atoms with Crippen molar-refractivity contribution in [3.8, 4) is 5.75 Å². The first kappa shape index (κ1) is 9.22. The van der Waals surface area contributed by atoms with Gasteiger partial charge < -0.3 is 4.74 Å². The molecule has 2 aromatic carbocycles. The van der Waals surface area contributed by atoms with E-state index in [1.165, 1.54) is 5.39 Å². The minimum atomic E-state index is -0.0155. The van der Waals surface area contributed by atoms with E-state index in [0.29, 0.717) is 0 Å². The molecule has 1 unspecified atom stereocenters.